The molecule has 14 rings (SSSR count). The summed E-state index contributed by atoms with van der Waals surface area (Å²) in [6, 6.07) is 53.9. The first-order valence-electron chi connectivity index (χ1n) is 27.3. The second kappa shape index (κ2) is 20.1. The van der Waals surface area contributed by atoms with Crippen LogP contribution in [0.25, 0.3) is 134 Å². The van der Waals surface area contributed by atoms with E-state index in [1.807, 2.05) is 134 Å². The molecule has 14 aromatic rings. The monoisotopic (exact) mass is 1090 g/mol. The molecular formula is C67H49N17. The molecule has 0 unspecified atom stereocenters. The van der Waals surface area contributed by atoms with Gasteiger partial charge in [-0.2, -0.15) is 5.26 Å². The quantitative estimate of drug-likeness (QED) is 0.131. The molecule has 0 amide bonds. The molecule has 0 spiro atoms. The van der Waals surface area contributed by atoms with Crippen molar-refractivity contribution in [1.29, 1.82) is 5.26 Å². The van der Waals surface area contributed by atoms with Crippen LogP contribution in [0.3, 0.4) is 0 Å². The molecule has 17 nitrogen and oxygen atoms in total. The fourth-order valence-corrected chi connectivity index (χ4v) is 11.4. The van der Waals surface area contributed by atoms with Gasteiger partial charge in [-0.05, 0) is 146 Å². The maximum absolute atomic E-state index is 12.1. The van der Waals surface area contributed by atoms with Crippen LogP contribution < -0.4 is 0 Å². The molecule has 84 heavy (non-hydrogen) atoms. The van der Waals surface area contributed by atoms with Crippen molar-refractivity contribution < 1.29 is 0 Å². The van der Waals surface area contributed by atoms with Gasteiger partial charge >= 0.3 is 0 Å². The van der Waals surface area contributed by atoms with Gasteiger partial charge in [-0.15, -0.1) is 0 Å². The molecule has 7 aromatic heterocycles. The highest BCUT2D eigenvalue weighted by Gasteiger charge is 2.26. The molecule has 0 radical (unpaired) electrons. The minimum Gasteiger partial charge on any atom is -0.308 e. The van der Waals surface area contributed by atoms with Crippen LogP contribution in [0, 0.1) is 66.7 Å². The first-order chi connectivity index (χ1) is 40.8. The average Bonchev–Trinajstić information content (AvgIpc) is 2.06. The lowest BCUT2D eigenvalue weighted by Crippen LogP contribution is -2.06. The van der Waals surface area contributed by atoms with Gasteiger partial charge in [-0.25, -0.2) is 69.8 Å². The zero-order chi connectivity index (χ0) is 57.5. The Labute approximate surface area is 481 Å². The molecule has 0 fully saturated rings. The van der Waals surface area contributed by atoms with Gasteiger partial charge in [0.05, 0.1) is 44.8 Å². The maximum atomic E-state index is 12.1. The van der Waals surface area contributed by atoms with Gasteiger partial charge in [-0.3, -0.25) is 0 Å². The van der Waals surface area contributed by atoms with E-state index in [0.29, 0.717) is 98.3 Å². The number of aryl methyl sites for hydroxylation is 8. The summed E-state index contributed by atoms with van der Waals surface area (Å²) in [4.78, 5) is 66.8. The number of nitrogens with zero attached hydrogens (tertiary/aromatic N) is 17. The third-order valence-electron chi connectivity index (χ3n) is 14.8. The molecule has 0 saturated carbocycles. The van der Waals surface area contributed by atoms with Gasteiger partial charge in [0, 0.05) is 60.5 Å². The van der Waals surface area contributed by atoms with Crippen LogP contribution in [0.2, 0.25) is 0 Å². The van der Waals surface area contributed by atoms with Crippen LogP contribution in [-0.4, -0.2) is 78.9 Å². The van der Waals surface area contributed by atoms with E-state index in [1.165, 1.54) is 0 Å². The predicted molar refractivity (Wildman–Crippen MR) is 325 cm³/mol. The Bertz CT molecular complexity index is 4480. The normalized spacial score (nSPS) is 11.6. The number of rotatable bonds is 9. The minimum atomic E-state index is 0.401. The van der Waals surface area contributed by atoms with Crippen molar-refractivity contribution >= 4 is 43.6 Å². The molecule has 402 valence electrons. The van der Waals surface area contributed by atoms with E-state index >= 15 is 0 Å². The lowest BCUT2D eigenvalue weighted by molar-refractivity contribution is 0.928. The zero-order valence-electron chi connectivity index (χ0n) is 47.0. The smallest absolute Gasteiger partial charge is 0.163 e. The first-order valence-corrected chi connectivity index (χ1v) is 27.3. The van der Waals surface area contributed by atoms with Crippen molar-refractivity contribution in [2.45, 2.75) is 55.4 Å². The summed E-state index contributed by atoms with van der Waals surface area (Å²) in [5.74, 6) is 7.69. The molecule has 17 heteroatoms. The van der Waals surface area contributed by atoms with Crippen molar-refractivity contribution in [2.75, 3.05) is 0 Å². The molecule has 0 bridgehead atoms. The molecule has 7 heterocycles. The number of hydrogen-bond donors (Lipinski definition) is 0. The van der Waals surface area contributed by atoms with Gasteiger partial charge in [-0.1, -0.05) is 60.7 Å². The highest BCUT2D eigenvalue weighted by Crippen LogP contribution is 2.43. The Hall–Kier alpha value is -11.3. The third kappa shape index (κ3) is 9.08. The Balaban J connectivity index is 1.11. The van der Waals surface area contributed by atoms with Crippen molar-refractivity contribution in [3.05, 3.63) is 204 Å². The van der Waals surface area contributed by atoms with Crippen molar-refractivity contribution in [3.8, 4) is 96.9 Å². The average molecular weight is 1090 g/mol. The fraction of sp³-hybridized carbons (Fsp3) is 0.119. The van der Waals surface area contributed by atoms with E-state index in [9.17, 15) is 5.26 Å². The Morgan fingerprint density at radius 3 is 0.869 bits per heavy atom. The number of hydrogen-bond acceptors (Lipinski definition) is 15. The lowest BCUT2D eigenvalue weighted by atomic mass is 10.0. The van der Waals surface area contributed by atoms with Crippen LogP contribution >= 0.6 is 0 Å². The third-order valence-corrected chi connectivity index (χ3v) is 14.8. The van der Waals surface area contributed by atoms with E-state index in [-0.39, 0.29) is 0 Å². The number of nitriles is 1. The first kappa shape index (κ1) is 50.9. The summed E-state index contributed by atoms with van der Waals surface area (Å²) in [5.41, 5.74) is 12.1. The van der Waals surface area contributed by atoms with Gasteiger partial charge in [0.25, 0.3) is 0 Å². The van der Waals surface area contributed by atoms with E-state index in [2.05, 4.69) is 108 Å². The Morgan fingerprint density at radius 1 is 0.274 bits per heavy atom. The summed E-state index contributed by atoms with van der Waals surface area (Å²) in [7, 11) is 0. The molecule has 7 aromatic carbocycles. The minimum absolute atomic E-state index is 0.401. The van der Waals surface area contributed by atoms with Gasteiger partial charge in [0.15, 0.2) is 29.1 Å². The second-order valence-corrected chi connectivity index (χ2v) is 20.8. The van der Waals surface area contributed by atoms with Crippen molar-refractivity contribution in [1.82, 2.24) is 78.9 Å². The lowest BCUT2D eigenvalue weighted by Gasteiger charge is -2.19. The number of benzene rings is 7. The van der Waals surface area contributed by atoms with E-state index in [1.54, 1.807) is 0 Å². The summed E-state index contributed by atoms with van der Waals surface area (Å²) in [6.45, 7) is 15.0. The molecule has 0 aliphatic rings. The van der Waals surface area contributed by atoms with E-state index in [0.717, 1.165) is 88.2 Å². The van der Waals surface area contributed by atoms with Crippen molar-refractivity contribution in [3.63, 3.8) is 0 Å². The topological polar surface area (TPSA) is 214 Å². The number of aromatic nitrogens is 16. The van der Waals surface area contributed by atoms with Crippen LogP contribution in [0.5, 0.6) is 0 Å². The largest absolute Gasteiger partial charge is 0.308 e. The summed E-state index contributed by atoms with van der Waals surface area (Å²) >= 11 is 0. The molecule has 0 aliphatic heterocycles. The maximum Gasteiger partial charge on any atom is 0.163 e. The molecule has 0 atom stereocenters. The standard InChI is InChI=1S/C67H49N17/c1-35-69-36(2)74-64(73-35)45-19-23-57-50(27-45)51-28-46(65-75-37(3)70-38(4)76-65)20-24-58(51)83(57)61-31-49(56-33-55(43-15-11-9-12-16-43)81-63(82-56)44-17-13-10-14-18-44)32-62(54(61)34-68)84-59-25-21-47(66-77-39(5)71-40(6)78-66)29-52(59)53-30-48(22-26-60(53)84)67-79-41(7)72-42(8)80-67/h9-33H,1-8H3. The van der Waals surface area contributed by atoms with Gasteiger partial charge < -0.3 is 9.13 Å². The van der Waals surface area contributed by atoms with Crippen molar-refractivity contribution in [2.24, 2.45) is 0 Å². The molecule has 0 N–H and O–H groups in total. The van der Waals surface area contributed by atoms with E-state index < -0.39 is 0 Å². The van der Waals surface area contributed by atoms with Gasteiger partial charge in [0.2, 0.25) is 0 Å². The van der Waals surface area contributed by atoms with Crippen LogP contribution in [0.15, 0.2) is 152 Å². The molecule has 0 saturated heterocycles. The Kier molecular flexibility index (Phi) is 12.2. The number of fused-ring (bicyclic) bond motifs is 6. The highest BCUT2D eigenvalue weighted by molar-refractivity contribution is 6.13. The highest BCUT2D eigenvalue weighted by atomic mass is 15.1. The van der Waals surface area contributed by atoms with Gasteiger partial charge in [0.1, 0.15) is 58.2 Å². The Morgan fingerprint density at radius 2 is 0.560 bits per heavy atom. The summed E-state index contributed by atoms with van der Waals surface area (Å²) in [5, 5.41) is 15.7. The summed E-state index contributed by atoms with van der Waals surface area (Å²) in [6.07, 6.45) is 0. The zero-order valence-corrected chi connectivity index (χ0v) is 47.0. The van der Waals surface area contributed by atoms with Crippen LogP contribution in [0.1, 0.15) is 52.2 Å². The second-order valence-electron chi connectivity index (χ2n) is 20.8. The van der Waals surface area contributed by atoms with E-state index in [4.69, 9.17) is 49.8 Å². The van der Waals surface area contributed by atoms with Crippen LogP contribution in [0.4, 0.5) is 0 Å². The molecule has 0 aliphatic carbocycles. The SMILES string of the molecule is Cc1nc(C)nc(-c2ccc3c(c2)c2cc(-c4nc(C)nc(C)n4)ccc2n3-c2cc(-c3cc(-c4ccccc4)nc(-c4ccccc4)n3)cc(-n3c4ccc(-c5nc(C)nc(C)n5)cc4c4cc(-c5nc(C)nc(C)n5)ccc43)c2C#N)n1. The predicted octanol–water partition coefficient (Wildman–Crippen LogP) is 13.4. The van der Waals surface area contributed by atoms with Crippen LogP contribution in [-0.2, 0) is 0 Å². The summed E-state index contributed by atoms with van der Waals surface area (Å²) < 4.78 is 4.35. The molecular weight excluding hydrogens is 1040 g/mol. The fourth-order valence-electron chi connectivity index (χ4n) is 11.4.